The summed E-state index contributed by atoms with van der Waals surface area (Å²) < 4.78 is 5.86. The summed E-state index contributed by atoms with van der Waals surface area (Å²) >= 11 is 3.32. The number of hydrogen-bond acceptors (Lipinski definition) is 5. The molecule has 0 fully saturated rings. The number of carboxylic acid groups (broad SMARTS) is 2. The predicted octanol–water partition coefficient (Wildman–Crippen LogP) is 1.72. The first-order chi connectivity index (χ1) is 11.2. The molecule has 3 N–H and O–H groups in total. The first kappa shape index (κ1) is 21.4. The van der Waals surface area contributed by atoms with Gasteiger partial charge in [-0.15, -0.1) is 0 Å². The number of amides is 1. The van der Waals surface area contributed by atoms with E-state index in [-0.39, 0.29) is 6.61 Å². The van der Waals surface area contributed by atoms with Crippen molar-refractivity contribution in [2.24, 2.45) is 0 Å². The molecule has 1 rings (SSSR count). The minimum Gasteiger partial charge on any atom is -0.473 e. The van der Waals surface area contributed by atoms with E-state index in [2.05, 4.69) is 33.1 Å². The molecule has 0 heterocycles. The van der Waals surface area contributed by atoms with Gasteiger partial charge in [0.05, 0.1) is 6.54 Å². The van der Waals surface area contributed by atoms with Gasteiger partial charge in [-0.3, -0.25) is 10.2 Å². The Hall–Kier alpha value is -2.57. The van der Waals surface area contributed by atoms with Crippen molar-refractivity contribution in [1.82, 2.24) is 4.90 Å². The number of hydrogen-bond donors (Lipinski definition) is 3. The third kappa shape index (κ3) is 12.0. The number of nitrogens with one attached hydrogen (secondary N) is 1. The van der Waals surface area contributed by atoms with Crippen molar-refractivity contribution in [3.63, 3.8) is 0 Å². The van der Waals surface area contributed by atoms with E-state index in [4.69, 9.17) is 24.5 Å². The molecule has 0 unspecified atom stereocenters. The number of nitrogens with zero attached hydrogens (tertiary/aromatic N) is 1. The lowest BCUT2D eigenvalue weighted by Gasteiger charge is -2.04. The second kappa shape index (κ2) is 11.9. The van der Waals surface area contributed by atoms with E-state index in [9.17, 15) is 4.79 Å². The quantitative estimate of drug-likeness (QED) is 0.522. The van der Waals surface area contributed by atoms with Crippen LogP contribution in [0.5, 0.6) is 0 Å². The van der Waals surface area contributed by atoms with Gasteiger partial charge in [0.15, 0.2) is 6.61 Å². The molecule has 0 aliphatic heterocycles. The van der Waals surface area contributed by atoms with Crippen LogP contribution in [0.1, 0.15) is 0 Å². The Bertz CT molecular complexity index is 607. The zero-order chi connectivity index (χ0) is 18.5. The lowest BCUT2D eigenvalue weighted by Crippen LogP contribution is -2.14. The maximum absolute atomic E-state index is 11.4. The summed E-state index contributed by atoms with van der Waals surface area (Å²) in [6, 6.07) is 7.24. The Kier molecular flexibility index (Phi) is 10.6. The molecule has 0 atom stereocenters. The van der Waals surface area contributed by atoms with Crippen molar-refractivity contribution in [2.45, 2.75) is 0 Å². The average Bonchev–Trinajstić information content (AvgIpc) is 2.49. The van der Waals surface area contributed by atoms with Crippen molar-refractivity contribution in [3.05, 3.63) is 28.7 Å². The number of carbonyl (C=O) groups is 3. The first-order valence-corrected chi connectivity index (χ1v) is 7.27. The molecule has 0 saturated heterocycles. The third-order valence-electron chi connectivity index (χ3n) is 2.07. The van der Waals surface area contributed by atoms with Crippen LogP contribution in [0.2, 0.25) is 0 Å². The van der Waals surface area contributed by atoms with Gasteiger partial charge in [0.25, 0.3) is 0 Å². The lowest BCUT2D eigenvalue weighted by atomic mass is 10.3. The molecular formula is C15H17BrN2O6. The molecule has 0 aromatic heterocycles. The molecule has 130 valence electrons. The minimum atomic E-state index is -1.82. The Balaban J connectivity index is 0.000000754. The highest BCUT2D eigenvalue weighted by Gasteiger charge is 2.04. The van der Waals surface area contributed by atoms with Gasteiger partial charge < -0.3 is 14.9 Å². The second-order valence-corrected chi connectivity index (χ2v) is 5.33. The number of carbonyl (C=O) groups excluding carboxylic acids is 1. The highest BCUT2D eigenvalue weighted by Crippen LogP contribution is 2.14. The van der Waals surface area contributed by atoms with Crippen LogP contribution >= 0.6 is 15.9 Å². The van der Waals surface area contributed by atoms with Gasteiger partial charge in [-0.25, -0.2) is 14.4 Å². The Morgan fingerprint density at radius 2 is 1.67 bits per heavy atom. The minimum absolute atomic E-state index is 0.0935. The average molecular weight is 401 g/mol. The van der Waals surface area contributed by atoms with Crippen molar-refractivity contribution < 1.29 is 29.3 Å². The van der Waals surface area contributed by atoms with Crippen LogP contribution in [0.25, 0.3) is 0 Å². The van der Waals surface area contributed by atoms with E-state index in [1.165, 1.54) is 0 Å². The summed E-state index contributed by atoms with van der Waals surface area (Å²) in [6.45, 7) is 0.744. The molecule has 1 amide bonds. The van der Waals surface area contributed by atoms with Crippen molar-refractivity contribution in [2.75, 3.05) is 32.6 Å². The maximum Gasteiger partial charge on any atom is 0.414 e. The molecule has 0 spiro atoms. The van der Waals surface area contributed by atoms with Crippen LogP contribution < -0.4 is 5.32 Å². The van der Waals surface area contributed by atoms with E-state index in [1.807, 2.05) is 31.1 Å². The van der Waals surface area contributed by atoms with E-state index in [0.717, 1.165) is 4.47 Å². The third-order valence-corrected chi connectivity index (χ3v) is 2.60. The number of halogens is 1. The van der Waals surface area contributed by atoms with Crippen LogP contribution in [0, 0.1) is 11.8 Å². The zero-order valence-electron chi connectivity index (χ0n) is 13.1. The summed E-state index contributed by atoms with van der Waals surface area (Å²) in [4.78, 5) is 31.5. The van der Waals surface area contributed by atoms with Gasteiger partial charge in [-0.05, 0) is 38.4 Å². The fourth-order valence-corrected chi connectivity index (χ4v) is 1.32. The van der Waals surface area contributed by atoms with Crippen molar-refractivity contribution >= 4 is 39.6 Å². The topological polar surface area (TPSA) is 116 Å². The molecule has 1 aromatic carbocycles. The van der Waals surface area contributed by atoms with E-state index in [1.54, 1.807) is 12.1 Å². The molecule has 0 radical (unpaired) electrons. The van der Waals surface area contributed by atoms with E-state index in [0.29, 0.717) is 12.2 Å². The highest BCUT2D eigenvalue weighted by atomic mass is 79.9. The lowest BCUT2D eigenvalue weighted by molar-refractivity contribution is -0.159. The monoisotopic (exact) mass is 400 g/mol. The second-order valence-electron chi connectivity index (χ2n) is 4.41. The highest BCUT2D eigenvalue weighted by molar-refractivity contribution is 9.10. The Labute approximate surface area is 147 Å². The van der Waals surface area contributed by atoms with Gasteiger partial charge in [0, 0.05) is 10.2 Å². The van der Waals surface area contributed by atoms with Crippen molar-refractivity contribution in [1.29, 1.82) is 0 Å². The molecule has 1 aromatic rings. The molecule has 24 heavy (non-hydrogen) atoms. The Morgan fingerprint density at radius 1 is 1.12 bits per heavy atom. The summed E-state index contributed by atoms with van der Waals surface area (Å²) in [5.74, 6) is 1.99. The molecule has 0 bridgehead atoms. The standard InChI is InChI=1S/C13H15BrN2O2.C2H2O4/c1-16(2)9-3-4-10-18-13(17)15-12-7-5-11(14)6-8-12;3-1(4)2(5)6/h5-8H,9-10H2,1-2H3,(H,15,17);(H,3,4)(H,5,6). The van der Waals surface area contributed by atoms with Crippen LogP contribution in [0.15, 0.2) is 28.7 Å². The van der Waals surface area contributed by atoms with Gasteiger partial charge in [0.2, 0.25) is 0 Å². The van der Waals surface area contributed by atoms with E-state index >= 15 is 0 Å². The number of ether oxygens (including phenoxy) is 1. The molecular weight excluding hydrogens is 384 g/mol. The van der Waals surface area contributed by atoms with Gasteiger partial charge >= 0.3 is 18.0 Å². The fraction of sp³-hybridized carbons (Fsp3) is 0.267. The van der Waals surface area contributed by atoms with Gasteiger partial charge in [0.1, 0.15) is 0 Å². The van der Waals surface area contributed by atoms with Gasteiger partial charge in [-0.2, -0.15) is 0 Å². The fourth-order valence-electron chi connectivity index (χ4n) is 1.05. The molecule has 0 saturated carbocycles. The van der Waals surface area contributed by atoms with Crippen LogP contribution in [0.3, 0.4) is 0 Å². The number of anilines is 1. The summed E-state index contributed by atoms with van der Waals surface area (Å²) in [7, 11) is 3.85. The van der Waals surface area contributed by atoms with Gasteiger partial charge in [-0.1, -0.05) is 27.8 Å². The predicted molar refractivity (Wildman–Crippen MR) is 90.7 cm³/mol. The molecule has 8 nitrogen and oxygen atoms in total. The first-order valence-electron chi connectivity index (χ1n) is 6.48. The number of carboxylic acids is 2. The Morgan fingerprint density at radius 3 is 2.12 bits per heavy atom. The smallest absolute Gasteiger partial charge is 0.414 e. The summed E-state index contributed by atoms with van der Waals surface area (Å²) in [5, 5.41) is 17.4. The van der Waals surface area contributed by atoms with Crippen LogP contribution in [-0.4, -0.2) is 60.4 Å². The number of aliphatic carboxylic acids is 2. The zero-order valence-corrected chi connectivity index (χ0v) is 14.7. The maximum atomic E-state index is 11.4. The van der Waals surface area contributed by atoms with Crippen LogP contribution in [-0.2, 0) is 14.3 Å². The van der Waals surface area contributed by atoms with Crippen LogP contribution in [0.4, 0.5) is 10.5 Å². The molecule has 0 aliphatic carbocycles. The summed E-state index contributed by atoms with van der Waals surface area (Å²) in [5.41, 5.74) is 0.685. The van der Waals surface area contributed by atoms with E-state index < -0.39 is 18.0 Å². The molecule has 0 aliphatic rings. The molecule has 9 heteroatoms. The number of benzene rings is 1. The number of rotatable bonds is 3. The largest absolute Gasteiger partial charge is 0.473 e. The SMILES string of the molecule is CN(C)CC#CCOC(=O)Nc1ccc(Br)cc1.O=C(O)C(=O)O. The van der Waals surface area contributed by atoms with Crippen molar-refractivity contribution in [3.8, 4) is 11.8 Å². The normalized spacial score (nSPS) is 9.00. The summed E-state index contributed by atoms with van der Waals surface area (Å²) in [6.07, 6.45) is -0.503.